The Morgan fingerprint density at radius 1 is 0.778 bits per heavy atom. The Hall–Kier alpha value is -4.14. The van der Waals surface area contributed by atoms with E-state index in [4.69, 9.17) is 47.7 Å². The van der Waals surface area contributed by atoms with Crippen LogP contribution in [0.4, 0.5) is 23.7 Å². The summed E-state index contributed by atoms with van der Waals surface area (Å²) < 4.78 is 88.4. The number of aromatic amines is 1. The predicted molar refractivity (Wildman–Crippen MR) is 186 cm³/mol. The van der Waals surface area contributed by atoms with Crippen LogP contribution >= 0.6 is 0 Å². The van der Waals surface area contributed by atoms with Gasteiger partial charge in [-0.05, 0) is 29.7 Å². The number of hydrogen-bond acceptors (Lipinski definition) is 13. The molecule has 0 spiro atoms. The zero-order valence-corrected chi connectivity index (χ0v) is 29.6. The Balaban J connectivity index is 1.03. The summed E-state index contributed by atoms with van der Waals surface area (Å²) in [5, 5.41) is 9.13. The number of H-pyrrole nitrogens is 1. The molecule has 1 aliphatic heterocycles. The highest BCUT2D eigenvalue weighted by Gasteiger charge is 2.35. The second-order valence-corrected chi connectivity index (χ2v) is 11.6. The second kappa shape index (κ2) is 22.9. The summed E-state index contributed by atoms with van der Waals surface area (Å²) in [6, 6.07) is 10.9. The van der Waals surface area contributed by atoms with E-state index < -0.39 is 35.5 Å². The van der Waals surface area contributed by atoms with E-state index in [0.717, 1.165) is 6.07 Å². The van der Waals surface area contributed by atoms with Gasteiger partial charge in [0.2, 0.25) is 0 Å². The lowest BCUT2D eigenvalue weighted by atomic mass is 10.0. The van der Waals surface area contributed by atoms with Gasteiger partial charge in [-0.1, -0.05) is 24.3 Å². The molecule has 15 nitrogen and oxygen atoms in total. The monoisotopic (exact) mass is 770 g/mol. The van der Waals surface area contributed by atoms with Crippen LogP contribution in [-0.2, 0) is 53.6 Å². The van der Waals surface area contributed by atoms with Crippen LogP contribution in [-0.4, -0.2) is 141 Å². The van der Waals surface area contributed by atoms with Gasteiger partial charge >= 0.3 is 18.2 Å². The number of nitrogens with one attached hydrogen (secondary N) is 1. The number of halogens is 3. The molecule has 2 N–H and O–H groups in total. The molecular formula is C36H45F3N2O13. The normalized spacial score (nSPS) is 14.6. The van der Waals surface area contributed by atoms with Gasteiger partial charge in [0.1, 0.15) is 13.2 Å². The maximum absolute atomic E-state index is 13.6. The fraction of sp³-hybridized carbons (Fsp3) is 0.528. The molecule has 1 atom stereocenters. The molecular weight excluding hydrogens is 725 g/mol. The molecule has 2 heterocycles. The van der Waals surface area contributed by atoms with Crippen LogP contribution < -0.4 is 10.5 Å². The molecule has 298 valence electrons. The average Bonchev–Trinajstić information content (AvgIpc) is 3.54. The van der Waals surface area contributed by atoms with Gasteiger partial charge in [-0.3, -0.25) is 9.69 Å². The maximum atomic E-state index is 13.6. The predicted octanol–water partition coefficient (Wildman–Crippen LogP) is 3.19. The summed E-state index contributed by atoms with van der Waals surface area (Å²) in [6.45, 7) is 4.28. The number of cyclic esters (lactones) is 1. The van der Waals surface area contributed by atoms with E-state index in [9.17, 15) is 27.6 Å². The molecule has 0 unspecified atom stereocenters. The van der Waals surface area contributed by atoms with Gasteiger partial charge in [0.15, 0.2) is 6.10 Å². The zero-order chi connectivity index (χ0) is 38.6. The first-order valence-corrected chi connectivity index (χ1v) is 17.3. The number of carbonyl (C=O) groups is 2. The Labute approximate surface area is 309 Å². The van der Waals surface area contributed by atoms with Gasteiger partial charge in [-0.2, -0.15) is 13.2 Å². The first-order chi connectivity index (χ1) is 26.2. The van der Waals surface area contributed by atoms with Crippen LogP contribution in [0.3, 0.4) is 0 Å². The molecule has 0 saturated carbocycles. The SMILES string of the molecule is O=C(COCCOCCOCCOCCOCCOCCOCCO)OC[C@@H]1CN(c2ccc3cc(-c4ccccc4C(F)(F)F)[nH]c(=O)c3c2)C(=O)O1. The van der Waals surface area contributed by atoms with E-state index in [-0.39, 0.29) is 56.2 Å². The molecule has 1 aliphatic rings. The number of carbonyl (C=O) groups excluding carboxylic acids is 2. The molecule has 1 saturated heterocycles. The largest absolute Gasteiger partial charge is 0.460 e. The van der Waals surface area contributed by atoms with Crippen molar-refractivity contribution >= 4 is 28.5 Å². The number of esters is 1. The van der Waals surface area contributed by atoms with Gasteiger partial charge in [-0.25, -0.2) is 9.59 Å². The average molecular weight is 771 g/mol. The second-order valence-electron chi connectivity index (χ2n) is 11.6. The zero-order valence-electron chi connectivity index (χ0n) is 29.6. The first kappa shape index (κ1) is 42.6. The quantitative estimate of drug-likeness (QED) is 0.0902. The van der Waals surface area contributed by atoms with Crippen molar-refractivity contribution < 1.29 is 70.5 Å². The minimum absolute atomic E-state index is 0.00633. The van der Waals surface area contributed by atoms with Crippen molar-refractivity contribution in [3.63, 3.8) is 0 Å². The number of anilines is 1. The van der Waals surface area contributed by atoms with Crippen LogP contribution in [0.2, 0.25) is 0 Å². The van der Waals surface area contributed by atoms with Crippen molar-refractivity contribution in [2.24, 2.45) is 0 Å². The molecule has 1 aromatic heterocycles. The Morgan fingerprint density at radius 3 is 1.91 bits per heavy atom. The minimum atomic E-state index is -4.61. The molecule has 4 rings (SSSR count). The molecule has 54 heavy (non-hydrogen) atoms. The van der Waals surface area contributed by atoms with Gasteiger partial charge < -0.3 is 52.7 Å². The topological polar surface area (TPSA) is 174 Å². The van der Waals surface area contributed by atoms with Crippen molar-refractivity contribution in [3.8, 4) is 11.3 Å². The number of aromatic nitrogens is 1. The van der Waals surface area contributed by atoms with Gasteiger partial charge in [0, 0.05) is 22.3 Å². The maximum Gasteiger partial charge on any atom is 0.417 e. The number of alkyl halides is 3. The number of hydrogen-bond donors (Lipinski definition) is 2. The number of aliphatic hydroxyl groups excluding tert-OH is 1. The van der Waals surface area contributed by atoms with Crippen LogP contribution in [0.15, 0.2) is 53.3 Å². The number of benzene rings is 2. The highest BCUT2D eigenvalue weighted by molar-refractivity contribution is 5.94. The number of ether oxygens (including phenoxy) is 9. The molecule has 0 radical (unpaired) electrons. The number of rotatable bonds is 26. The number of amides is 1. The third-order valence-electron chi connectivity index (χ3n) is 7.66. The number of fused-ring (bicyclic) bond motifs is 1. The van der Waals surface area contributed by atoms with Crippen molar-refractivity contribution in [1.82, 2.24) is 4.98 Å². The summed E-state index contributed by atoms with van der Waals surface area (Å²) in [5.41, 5.74) is -1.34. The summed E-state index contributed by atoms with van der Waals surface area (Å²) in [6.07, 6.45) is -6.11. The van der Waals surface area contributed by atoms with Crippen LogP contribution in [0, 0.1) is 0 Å². The third kappa shape index (κ3) is 14.3. The van der Waals surface area contributed by atoms with E-state index in [1.807, 2.05) is 0 Å². The lowest BCUT2D eigenvalue weighted by Crippen LogP contribution is -2.27. The van der Waals surface area contributed by atoms with Crippen LogP contribution in [0.1, 0.15) is 5.56 Å². The Bertz CT molecular complexity index is 1660. The van der Waals surface area contributed by atoms with Crippen molar-refractivity contribution in [2.75, 3.05) is 117 Å². The van der Waals surface area contributed by atoms with Gasteiger partial charge in [-0.15, -0.1) is 0 Å². The Kier molecular flexibility index (Phi) is 18.1. The standard InChI is InChI=1S/C36H45F3N2O13/c37-36(38,39)31-4-2-1-3-29(31)32-21-26-5-6-27(22-30(26)34(44)40-32)41-23-28(54-35(41)45)24-53-33(43)25-52-20-19-51-18-17-50-16-15-49-14-13-48-12-11-47-10-9-46-8-7-42/h1-6,21-22,28,42H,7-20,23-25H2,(H,40,44)/t28-/m0/s1. The highest BCUT2D eigenvalue weighted by Crippen LogP contribution is 2.36. The van der Waals surface area contributed by atoms with E-state index in [2.05, 4.69) is 4.98 Å². The van der Waals surface area contributed by atoms with Crippen LogP contribution in [0.5, 0.6) is 0 Å². The molecule has 1 amide bonds. The number of pyridine rings is 1. The van der Waals surface area contributed by atoms with E-state index in [1.165, 1.54) is 41.3 Å². The lowest BCUT2D eigenvalue weighted by molar-refractivity contribution is -0.151. The van der Waals surface area contributed by atoms with Gasteiger partial charge in [0.05, 0.1) is 105 Å². The van der Waals surface area contributed by atoms with E-state index in [1.54, 1.807) is 6.07 Å². The first-order valence-electron chi connectivity index (χ1n) is 17.3. The summed E-state index contributed by atoms with van der Waals surface area (Å²) in [4.78, 5) is 41.4. The molecule has 18 heteroatoms. The summed E-state index contributed by atoms with van der Waals surface area (Å²) >= 11 is 0. The highest BCUT2D eigenvalue weighted by atomic mass is 19.4. The molecule has 2 aromatic carbocycles. The van der Waals surface area contributed by atoms with Crippen molar-refractivity contribution in [1.29, 1.82) is 0 Å². The van der Waals surface area contributed by atoms with Gasteiger partial charge in [0.25, 0.3) is 5.56 Å². The van der Waals surface area contributed by atoms with E-state index >= 15 is 0 Å². The van der Waals surface area contributed by atoms with Crippen molar-refractivity contribution in [2.45, 2.75) is 12.3 Å². The third-order valence-corrected chi connectivity index (χ3v) is 7.66. The molecule has 1 fully saturated rings. The molecule has 3 aromatic rings. The summed E-state index contributed by atoms with van der Waals surface area (Å²) in [5.74, 6) is -0.660. The van der Waals surface area contributed by atoms with Crippen LogP contribution in [0.25, 0.3) is 22.0 Å². The lowest BCUT2D eigenvalue weighted by Gasteiger charge is -2.15. The summed E-state index contributed by atoms with van der Waals surface area (Å²) in [7, 11) is 0. The fourth-order valence-electron chi connectivity index (χ4n) is 5.11. The Morgan fingerprint density at radius 2 is 1.33 bits per heavy atom. The number of aliphatic hydroxyl groups is 1. The fourth-order valence-corrected chi connectivity index (χ4v) is 5.11. The molecule has 0 bridgehead atoms. The minimum Gasteiger partial charge on any atom is -0.460 e. The number of nitrogens with zero attached hydrogens (tertiary/aromatic N) is 1. The smallest absolute Gasteiger partial charge is 0.417 e. The molecule has 0 aliphatic carbocycles. The van der Waals surface area contributed by atoms with Crippen molar-refractivity contribution in [3.05, 3.63) is 64.4 Å². The van der Waals surface area contributed by atoms with E-state index in [0.29, 0.717) is 83.7 Å².